The quantitative estimate of drug-likeness (QED) is 0.715. The number of carbonyl (C=O) groups excluding carboxylic acids is 2. The van der Waals surface area contributed by atoms with Crippen molar-refractivity contribution < 1.29 is 9.59 Å². The van der Waals surface area contributed by atoms with Crippen LogP contribution >= 0.6 is 15.9 Å². The zero-order valence-corrected chi connectivity index (χ0v) is 18.8. The van der Waals surface area contributed by atoms with Crippen molar-refractivity contribution in [2.75, 3.05) is 19.6 Å². The minimum absolute atomic E-state index is 0.0584. The van der Waals surface area contributed by atoms with E-state index in [1.165, 1.54) is 0 Å². The van der Waals surface area contributed by atoms with E-state index in [4.69, 9.17) is 4.98 Å². The lowest BCUT2D eigenvalue weighted by molar-refractivity contribution is 0.0710. The van der Waals surface area contributed by atoms with Gasteiger partial charge in [0.2, 0.25) is 0 Å². The van der Waals surface area contributed by atoms with Gasteiger partial charge in [-0.25, -0.2) is 0 Å². The Morgan fingerprint density at radius 2 is 1.79 bits per heavy atom. The summed E-state index contributed by atoms with van der Waals surface area (Å²) < 4.78 is 0.960. The molecule has 0 spiro atoms. The molecule has 2 aromatic rings. The van der Waals surface area contributed by atoms with Crippen molar-refractivity contribution in [3.63, 3.8) is 0 Å². The van der Waals surface area contributed by atoms with Gasteiger partial charge < -0.3 is 10.2 Å². The average molecular weight is 458 g/mol. The number of nitrogens with one attached hydrogen (secondary N) is 1. The highest BCUT2D eigenvalue weighted by atomic mass is 79.9. The maximum Gasteiger partial charge on any atom is 0.253 e. The maximum atomic E-state index is 12.8. The van der Waals surface area contributed by atoms with E-state index in [-0.39, 0.29) is 17.7 Å². The number of hydrogen-bond acceptors (Lipinski definition) is 3. The number of aromatic nitrogens is 1. The second-order valence-corrected chi connectivity index (χ2v) is 8.98. The topological polar surface area (TPSA) is 62.3 Å². The third-order valence-electron chi connectivity index (χ3n) is 5.24. The van der Waals surface area contributed by atoms with E-state index in [0.717, 1.165) is 28.7 Å². The number of amides is 2. The number of pyridine rings is 1. The van der Waals surface area contributed by atoms with Gasteiger partial charge in [0.05, 0.1) is 11.3 Å². The summed E-state index contributed by atoms with van der Waals surface area (Å²) >= 11 is 3.40. The molecule has 1 aromatic heterocycles. The van der Waals surface area contributed by atoms with Crippen molar-refractivity contribution >= 4 is 27.7 Å². The molecule has 0 aliphatic carbocycles. The van der Waals surface area contributed by atoms with E-state index in [2.05, 4.69) is 35.1 Å². The first-order chi connectivity index (χ1) is 13.8. The van der Waals surface area contributed by atoms with Crippen molar-refractivity contribution in [2.45, 2.75) is 39.5 Å². The van der Waals surface area contributed by atoms with Crippen molar-refractivity contribution in [1.29, 1.82) is 0 Å². The van der Waals surface area contributed by atoms with Gasteiger partial charge in [0.1, 0.15) is 0 Å². The Labute approximate surface area is 181 Å². The monoisotopic (exact) mass is 457 g/mol. The summed E-state index contributed by atoms with van der Waals surface area (Å²) in [5, 5.41) is 3.00. The Morgan fingerprint density at radius 1 is 1.14 bits per heavy atom. The molecule has 1 saturated heterocycles. The molecule has 3 rings (SSSR count). The van der Waals surface area contributed by atoms with Gasteiger partial charge >= 0.3 is 0 Å². The first kappa shape index (κ1) is 21.5. The van der Waals surface area contributed by atoms with E-state index in [0.29, 0.717) is 36.7 Å². The number of benzene rings is 1. The number of halogens is 1. The van der Waals surface area contributed by atoms with Gasteiger partial charge in [0.25, 0.3) is 11.8 Å². The largest absolute Gasteiger partial charge is 0.352 e. The van der Waals surface area contributed by atoms with Gasteiger partial charge in [-0.1, -0.05) is 29.8 Å². The second-order valence-electron chi connectivity index (χ2n) is 8.06. The van der Waals surface area contributed by atoms with Crippen LogP contribution in [0, 0.1) is 12.8 Å². The van der Waals surface area contributed by atoms with E-state index in [9.17, 15) is 9.59 Å². The van der Waals surface area contributed by atoms with Gasteiger partial charge in [0.15, 0.2) is 0 Å². The Bertz CT molecular complexity index is 872. The Hall–Kier alpha value is -2.21. The van der Waals surface area contributed by atoms with Crippen LogP contribution in [0.1, 0.15) is 64.7 Å². The van der Waals surface area contributed by atoms with E-state index < -0.39 is 0 Å². The van der Waals surface area contributed by atoms with E-state index in [1.54, 1.807) is 0 Å². The molecule has 0 radical (unpaired) electrons. The number of nitrogens with zero attached hydrogens (tertiary/aromatic N) is 2. The lowest BCUT2D eigenvalue weighted by Crippen LogP contribution is -2.38. The highest BCUT2D eigenvalue weighted by molar-refractivity contribution is 9.10. The lowest BCUT2D eigenvalue weighted by Gasteiger charge is -2.32. The Kier molecular flexibility index (Phi) is 7.06. The predicted molar refractivity (Wildman–Crippen MR) is 118 cm³/mol. The maximum absolute atomic E-state index is 12.8. The molecule has 1 fully saturated rings. The summed E-state index contributed by atoms with van der Waals surface area (Å²) in [5.74, 6) is 0.579. The molecule has 0 bridgehead atoms. The third-order valence-corrected chi connectivity index (χ3v) is 5.77. The summed E-state index contributed by atoms with van der Waals surface area (Å²) in [6.07, 6.45) is 1.62. The molecule has 5 nitrogen and oxygen atoms in total. The summed E-state index contributed by atoms with van der Waals surface area (Å²) in [5.41, 5.74) is 3.14. The fourth-order valence-electron chi connectivity index (χ4n) is 3.60. The number of rotatable bonds is 5. The molecular weight excluding hydrogens is 430 g/mol. The minimum atomic E-state index is -0.0606. The normalized spacial score (nSPS) is 14.9. The van der Waals surface area contributed by atoms with E-state index in [1.807, 2.05) is 48.2 Å². The number of aryl methyl sites for hydroxylation is 1. The molecular formula is C23H28BrN3O2. The van der Waals surface area contributed by atoms with Crippen LogP contribution in [0.5, 0.6) is 0 Å². The number of hydrogen-bond donors (Lipinski definition) is 1. The molecule has 154 valence electrons. The standard InChI is InChI=1S/C23H28BrN3O2/c1-15(2)14-25-22(28)20-9-4-16(3)26-21(20)17-10-12-27(13-11-17)23(29)18-5-7-19(24)8-6-18/h4-9,15,17H,10-14H2,1-3H3,(H,25,28). The van der Waals surface area contributed by atoms with Crippen LogP contribution < -0.4 is 5.32 Å². The van der Waals surface area contributed by atoms with Gasteiger partial charge in [0, 0.05) is 41.3 Å². The first-order valence-electron chi connectivity index (χ1n) is 10.2. The molecule has 29 heavy (non-hydrogen) atoms. The number of likely N-dealkylation sites (tertiary alicyclic amines) is 1. The van der Waals surface area contributed by atoms with E-state index >= 15 is 0 Å². The summed E-state index contributed by atoms with van der Waals surface area (Å²) in [6.45, 7) is 8.09. The summed E-state index contributed by atoms with van der Waals surface area (Å²) in [4.78, 5) is 32.1. The van der Waals surface area contributed by atoms with Gasteiger partial charge in [-0.05, 0) is 62.1 Å². The molecule has 6 heteroatoms. The Morgan fingerprint density at radius 3 is 2.41 bits per heavy atom. The molecule has 1 aromatic carbocycles. The molecule has 1 aliphatic heterocycles. The first-order valence-corrected chi connectivity index (χ1v) is 10.9. The zero-order chi connectivity index (χ0) is 21.0. The molecule has 2 amide bonds. The number of carbonyl (C=O) groups is 2. The molecule has 1 aliphatic rings. The van der Waals surface area contributed by atoms with Crippen molar-refractivity contribution in [3.05, 3.63) is 63.4 Å². The highest BCUT2D eigenvalue weighted by Gasteiger charge is 2.28. The van der Waals surface area contributed by atoms with Crippen molar-refractivity contribution in [2.24, 2.45) is 5.92 Å². The lowest BCUT2D eigenvalue weighted by atomic mass is 9.89. The van der Waals surface area contributed by atoms with Crippen LogP contribution in [-0.4, -0.2) is 41.3 Å². The summed E-state index contributed by atoms with van der Waals surface area (Å²) in [6, 6.07) is 11.2. The van der Waals surface area contributed by atoms with Crippen LogP contribution in [0.4, 0.5) is 0 Å². The molecule has 2 heterocycles. The molecule has 0 saturated carbocycles. The van der Waals surface area contributed by atoms with Crippen LogP contribution in [0.3, 0.4) is 0 Å². The van der Waals surface area contributed by atoms with Crippen LogP contribution in [-0.2, 0) is 0 Å². The summed E-state index contributed by atoms with van der Waals surface area (Å²) in [7, 11) is 0. The Balaban J connectivity index is 1.70. The zero-order valence-electron chi connectivity index (χ0n) is 17.2. The smallest absolute Gasteiger partial charge is 0.253 e. The molecule has 0 unspecified atom stereocenters. The van der Waals surface area contributed by atoms with Crippen molar-refractivity contribution in [1.82, 2.24) is 15.2 Å². The molecule has 1 N–H and O–H groups in total. The van der Waals surface area contributed by atoms with Gasteiger partial charge in [-0.2, -0.15) is 0 Å². The van der Waals surface area contributed by atoms with Crippen LogP contribution in [0.15, 0.2) is 40.9 Å². The highest BCUT2D eigenvalue weighted by Crippen LogP contribution is 2.30. The fraction of sp³-hybridized carbons (Fsp3) is 0.435. The fourth-order valence-corrected chi connectivity index (χ4v) is 3.87. The van der Waals surface area contributed by atoms with Crippen molar-refractivity contribution in [3.8, 4) is 0 Å². The van der Waals surface area contributed by atoms with Gasteiger partial charge in [-0.15, -0.1) is 0 Å². The van der Waals surface area contributed by atoms with Crippen LogP contribution in [0.25, 0.3) is 0 Å². The van der Waals surface area contributed by atoms with Crippen LogP contribution in [0.2, 0.25) is 0 Å². The predicted octanol–water partition coefficient (Wildman–Crippen LogP) is 4.56. The third kappa shape index (κ3) is 5.44. The second kappa shape index (κ2) is 9.53. The number of piperidine rings is 1. The SMILES string of the molecule is Cc1ccc(C(=O)NCC(C)C)c(C2CCN(C(=O)c3ccc(Br)cc3)CC2)n1. The van der Waals surface area contributed by atoms with Gasteiger partial charge in [-0.3, -0.25) is 14.6 Å². The average Bonchev–Trinajstić information content (AvgIpc) is 2.72. The minimum Gasteiger partial charge on any atom is -0.352 e. The molecule has 0 atom stereocenters.